The molecule has 0 unspecified atom stereocenters. The fraction of sp³-hybridized carbons (Fsp3) is 0.375. The van der Waals surface area contributed by atoms with Gasteiger partial charge in [0.15, 0.2) is 0 Å². The molecule has 0 bridgehead atoms. The molecular weight excluding hydrogens is 288 g/mol. The van der Waals surface area contributed by atoms with E-state index >= 15 is 0 Å². The number of benzene rings is 1. The number of carbonyl (C=O) groups is 2. The molecule has 112 valence electrons. The molecule has 0 radical (unpaired) electrons. The van der Waals surface area contributed by atoms with Crippen LogP contribution in [0.4, 0.5) is 0 Å². The molecule has 1 saturated carbocycles. The third-order valence-electron chi connectivity index (χ3n) is 3.78. The van der Waals surface area contributed by atoms with Gasteiger partial charge in [0.25, 0.3) is 0 Å². The molecule has 1 aliphatic carbocycles. The van der Waals surface area contributed by atoms with E-state index in [1.165, 1.54) is 16.5 Å². The van der Waals surface area contributed by atoms with Gasteiger partial charge in [-0.1, -0.05) is 30.3 Å². The summed E-state index contributed by atoms with van der Waals surface area (Å²) in [5.41, 5.74) is 1.25. The molecule has 0 heterocycles. The Morgan fingerprint density at radius 3 is 2.57 bits per heavy atom. The Balaban J connectivity index is 1.75. The summed E-state index contributed by atoms with van der Waals surface area (Å²) in [6.07, 6.45) is 3.05. The molecule has 5 heteroatoms. The van der Waals surface area contributed by atoms with Crippen LogP contribution in [0.25, 0.3) is 0 Å². The number of hydrogen-bond acceptors (Lipinski definition) is 2. The lowest BCUT2D eigenvalue weighted by molar-refractivity contribution is -0.131. The number of likely N-dealkylation sites (N-methyl/N-ethyl adjacent to an activating group) is 1. The molecule has 0 spiro atoms. The summed E-state index contributed by atoms with van der Waals surface area (Å²) in [5, 5.41) is 3.68. The van der Waals surface area contributed by atoms with Crippen LogP contribution in [0.5, 0.6) is 0 Å². The van der Waals surface area contributed by atoms with Crippen LogP contribution in [0.15, 0.2) is 36.9 Å². The molecule has 1 aromatic carbocycles. The second-order valence-electron chi connectivity index (χ2n) is 5.38. The van der Waals surface area contributed by atoms with Crippen molar-refractivity contribution in [3.05, 3.63) is 47.5 Å². The Labute approximate surface area is 129 Å². The number of nitrogens with one attached hydrogen (secondary N) is 1. The summed E-state index contributed by atoms with van der Waals surface area (Å²) in [5.74, 6) is 0.0881. The largest absolute Gasteiger partial charge is 0.352 e. The Hall–Kier alpha value is -1.81. The van der Waals surface area contributed by atoms with Crippen molar-refractivity contribution in [2.75, 3.05) is 13.6 Å². The maximum Gasteiger partial charge on any atom is 0.246 e. The van der Waals surface area contributed by atoms with Gasteiger partial charge >= 0.3 is 0 Å². The highest BCUT2D eigenvalue weighted by atomic mass is 35.5. The van der Waals surface area contributed by atoms with Crippen LogP contribution >= 0.6 is 11.6 Å². The van der Waals surface area contributed by atoms with Crippen LogP contribution in [0.2, 0.25) is 5.02 Å². The molecule has 2 amide bonds. The van der Waals surface area contributed by atoms with Crippen molar-refractivity contribution < 1.29 is 9.59 Å². The second-order valence-corrected chi connectivity index (χ2v) is 5.82. The first-order valence-electron chi connectivity index (χ1n) is 6.92. The fourth-order valence-corrected chi connectivity index (χ4v) is 2.59. The normalized spacial score (nSPS) is 20.3. The summed E-state index contributed by atoms with van der Waals surface area (Å²) in [4.78, 5) is 24.5. The van der Waals surface area contributed by atoms with Crippen molar-refractivity contribution in [1.29, 1.82) is 0 Å². The molecule has 2 rings (SSSR count). The average molecular weight is 307 g/mol. The predicted octanol–water partition coefficient (Wildman–Crippen LogP) is 2.35. The highest BCUT2D eigenvalue weighted by Crippen LogP contribution is 2.37. The quantitative estimate of drug-likeness (QED) is 0.849. The molecule has 1 aromatic rings. The highest BCUT2D eigenvalue weighted by molar-refractivity contribution is 6.30. The third-order valence-corrected chi connectivity index (χ3v) is 4.03. The van der Waals surface area contributed by atoms with Gasteiger partial charge in [-0.05, 0) is 42.5 Å². The van der Waals surface area contributed by atoms with E-state index in [2.05, 4.69) is 11.9 Å². The van der Waals surface area contributed by atoms with Gasteiger partial charge in [0.1, 0.15) is 0 Å². The number of carbonyl (C=O) groups excluding carboxylic acids is 2. The van der Waals surface area contributed by atoms with Gasteiger partial charge in [-0.3, -0.25) is 9.59 Å². The molecule has 1 aliphatic rings. The predicted molar refractivity (Wildman–Crippen MR) is 83.2 cm³/mol. The summed E-state index contributed by atoms with van der Waals surface area (Å²) < 4.78 is 0. The smallest absolute Gasteiger partial charge is 0.246 e. The Morgan fingerprint density at radius 1 is 1.38 bits per heavy atom. The Morgan fingerprint density at radius 2 is 2.00 bits per heavy atom. The molecule has 0 atom stereocenters. The van der Waals surface area contributed by atoms with E-state index in [9.17, 15) is 9.59 Å². The zero-order valence-corrected chi connectivity index (χ0v) is 12.8. The van der Waals surface area contributed by atoms with Gasteiger partial charge in [-0.15, -0.1) is 0 Å². The molecule has 0 aliphatic heterocycles. The molecule has 1 fully saturated rings. The lowest BCUT2D eigenvalue weighted by Crippen LogP contribution is -2.47. The van der Waals surface area contributed by atoms with Crippen molar-refractivity contribution in [3.63, 3.8) is 0 Å². The van der Waals surface area contributed by atoms with Crippen molar-refractivity contribution in [2.24, 2.45) is 0 Å². The topological polar surface area (TPSA) is 49.4 Å². The van der Waals surface area contributed by atoms with Crippen LogP contribution in [0.3, 0.4) is 0 Å². The van der Waals surface area contributed by atoms with Crippen LogP contribution < -0.4 is 5.32 Å². The molecule has 0 saturated heterocycles. The number of rotatable bonds is 5. The summed E-state index contributed by atoms with van der Waals surface area (Å²) in [6.45, 7) is 3.46. The maximum absolute atomic E-state index is 11.8. The zero-order chi connectivity index (χ0) is 15.4. The van der Waals surface area contributed by atoms with Crippen molar-refractivity contribution in [3.8, 4) is 0 Å². The number of halogens is 1. The van der Waals surface area contributed by atoms with Crippen molar-refractivity contribution >= 4 is 23.4 Å². The van der Waals surface area contributed by atoms with E-state index in [1.807, 2.05) is 24.3 Å². The number of hydrogen-bond donors (Lipinski definition) is 1. The Kier molecular flexibility index (Phi) is 5.02. The van der Waals surface area contributed by atoms with Crippen molar-refractivity contribution in [1.82, 2.24) is 10.2 Å². The molecule has 21 heavy (non-hydrogen) atoms. The minimum absolute atomic E-state index is 0.0625. The van der Waals surface area contributed by atoms with Gasteiger partial charge in [0.05, 0.1) is 6.54 Å². The first-order valence-corrected chi connectivity index (χ1v) is 7.29. The maximum atomic E-state index is 11.8. The van der Waals surface area contributed by atoms with E-state index in [0.717, 1.165) is 17.9 Å². The van der Waals surface area contributed by atoms with E-state index in [1.54, 1.807) is 7.05 Å². The van der Waals surface area contributed by atoms with E-state index in [0.29, 0.717) is 5.92 Å². The van der Waals surface area contributed by atoms with Gasteiger partial charge in [0, 0.05) is 18.1 Å². The van der Waals surface area contributed by atoms with Crippen LogP contribution in [-0.4, -0.2) is 36.3 Å². The molecule has 4 nitrogen and oxygen atoms in total. The van der Waals surface area contributed by atoms with Crippen LogP contribution in [0.1, 0.15) is 24.3 Å². The van der Waals surface area contributed by atoms with Gasteiger partial charge < -0.3 is 10.2 Å². The number of amides is 2. The average Bonchev–Trinajstić information content (AvgIpc) is 2.42. The first-order chi connectivity index (χ1) is 9.99. The second kappa shape index (κ2) is 6.76. The lowest BCUT2D eigenvalue weighted by atomic mass is 9.76. The van der Waals surface area contributed by atoms with Crippen LogP contribution in [-0.2, 0) is 9.59 Å². The SMILES string of the molecule is C=CC(=O)N(C)CC(=O)NC1CC(c2ccc(Cl)cc2)C1. The van der Waals surface area contributed by atoms with Gasteiger partial charge in [-0.2, -0.15) is 0 Å². The van der Waals surface area contributed by atoms with Gasteiger partial charge in [-0.25, -0.2) is 0 Å². The van der Waals surface area contributed by atoms with E-state index in [-0.39, 0.29) is 24.4 Å². The third kappa shape index (κ3) is 4.08. The van der Waals surface area contributed by atoms with E-state index < -0.39 is 0 Å². The van der Waals surface area contributed by atoms with Crippen LogP contribution in [0, 0.1) is 0 Å². The highest BCUT2D eigenvalue weighted by Gasteiger charge is 2.31. The summed E-state index contributed by atoms with van der Waals surface area (Å²) >= 11 is 5.86. The van der Waals surface area contributed by atoms with Gasteiger partial charge in [0.2, 0.25) is 11.8 Å². The minimum atomic E-state index is -0.252. The Bertz CT molecular complexity index is 536. The zero-order valence-electron chi connectivity index (χ0n) is 12.0. The summed E-state index contributed by atoms with van der Waals surface area (Å²) in [6, 6.07) is 8.02. The van der Waals surface area contributed by atoms with E-state index in [4.69, 9.17) is 11.6 Å². The lowest BCUT2D eigenvalue weighted by Gasteiger charge is -2.36. The molecular formula is C16H19ClN2O2. The number of nitrogens with zero attached hydrogens (tertiary/aromatic N) is 1. The minimum Gasteiger partial charge on any atom is -0.352 e. The monoisotopic (exact) mass is 306 g/mol. The van der Waals surface area contributed by atoms with Crippen molar-refractivity contribution in [2.45, 2.75) is 24.8 Å². The first kappa shape index (κ1) is 15.6. The molecule has 1 N–H and O–H groups in total. The summed E-state index contributed by atoms with van der Waals surface area (Å²) in [7, 11) is 1.58. The standard InChI is InChI=1S/C16H19ClN2O2/c1-3-16(21)19(2)10-15(20)18-14-8-12(9-14)11-4-6-13(17)7-5-11/h3-7,12,14H,1,8-10H2,2H3,(H,18,20). The fourth-order valence-electron chi connectivity index (χ4n) is 2.47. The molecule has 0 aromatic heterocycles.